The molecule has 2 fully saturated rings. The van der Waals surface area contributed by atoms with Crippen LogP contribution in [0.2, 0.25) is 0 Å². The Morgan fingerprint density at radius 3 is 2.74 bits per heavy atom. The van der Waals surface area contributed by atoms with Crippen LogP contribution >= 0.6 is 24.0 Å². The van der Waals surface area contributed by atoms with E-state index >= 15 is 0 Å². The lowest BCUT2D eigenvalue weighted by molar-refractivity contribution is 0.0888. The normalized spacial score (nSPS) is 19.9. The Balaban J connectivity index is 0.00000341. The Morgan fingerprint density at radius 2 is 2.10 bits per heavy atom. The molecule has 176 valence electrons. The standard InChI is InChI=1S/C22H38N6O2.HI/c1-3-27-9-11-28(12-10-27)21-6-5-19(15-25-21)16-26-22(23-2)24-8-4-13-29-17-20-7-14-30-18-20;/h5-6,15,20H,3-4,7-14,16-18H2,1-2H3,(H2,23,24,26);1H. The molecule has 8 nitrogen and oxygen atoms in total. The van der Waals surface area contributed by atoms with Gasteiger partial charge in [0.15, 0.2) is 5.96 Å². The number of pyridine rings is 1. The maximum atomic E-state index is 5.74. The van der Waals surface area contributed by atoms with Gasteiger partial charge in [-0.25, -0.2) is 4.98 Å². The maximum Gasteiger partial charge on any atom is 0.191 e. The van der Waals surface area contributed by atoms with Crippen molar-refractivity contribution in [3.8, 4) is 0 Å². The number of anilines is 1. The van der Waals surface area contributed by atoms with E-state index in [0.29, 0.717) is 12.5 Å². The summed E-state index contributed by atoms with van der Waals surface area (Å²) in [5, 5.41) is 6.70. The van der Waals surface area contributed by atoms with Gasteiger partial charge in [-0.1, -0.05) is 13.0 Å². The van der Waals surface area contributed by atoms with Gasteiger partial charge in [0.25, 0.3) is 0 Å². The van der Waals surface area contributed by atoms with E-state index in [9.17, 15) is 0 Å². The minimum atomic E-state index is 0. The molecule has 1 atom stereocenters. The number of hydrogen-bond acceptors (Lipinski definition) is 6. The summed E-state index contributed by atoms with van der Waals surface area (Å²) < 4.78 is 11.1. The second kappa shape index (κ2) is 14.8. The highest BCUT2D eigenvalue weighted by molar-refractivity contribution is 14.0. The molecule has 3 heterocycles. The number of nitrogens with zero attached hydrogens (tertiary/aromatic N) is 4. The summed E-state index contributed by atoms with van der Waals surface area (Å²) in [4.78, 5) is 13.8. The molecule has 2 N–H and O–H groups in total. The van der Waals surface area contributed by atoms with E-state index in [1.807, 2.05) is 6.20 Å². The summed E-state index contributed by atoms with van der Waals surface area (Å²) in [6, 6.07) is 4.27. The average molecular weight is 546 g/mol. The number of guanidine groups is 1. The molecule has 0 radical (unpaired) electrons. The molecule has 0 bridgehead atoms. The molecule has 0 spiro atoms. The number of halogens is 1. The minimum absolute atomic E-state index is 0. The Kier molecular flexibility index (Phi) is 12.5. The van der Waals surface area contributed by atoms with Gasteiger partial charge in [0.05, 0.1) is 13.2 Å². The van der Waals surface area contributed by atoms with Crippen molar-refractivity contribution >= 4 is 35.8 Å². The first kappa shape index (κ1) is 26.1. The SMILES string of the molecule is CCN1CCN(c2ccc(CNC(=NC)NCCCOCC3CCOC3)cn2)CC1.I. The first-order valence-corrected chi connectivity index (χ1v) is 11.3. The van der Waals surface area contributed by atoms with Gasteiger partial charge in [0.1, 0.15) is 5.82 Å². The molecule has 2 saturated heterocycles. The Labute approximate surface area is 204 Å². The molecule has 0 aromatic carbocycles. The topological polar surface area (TPSA) is 74.2 Å². The summed E-state index contributed by atoms with van der Waals surface area (Å²) in [5.74, 6) is 2.45. The van der Waals surface area contributed by atoms with Crippen molar-refractivity contribution in [2.75, 3.05) is 77.6 Å². The minimum Gasteiger partial charge on any atom is -0.381 e. The van der Waals surface area contributed by atoms with Gasteiger partial charge in [0, 0.05) is 71.6 Å². The van der Waals surface area contributed by atoms with E-state index < -0.39 is 0 Å². The van der Waals surface area contributed by atoms with Crippen LogP contribution in [-0.4, -0.2) is 88.6 Å². The highest BCUT2D eigenvalue weighted by Crippen LogP contribution is 2.14. The monoisotopic (exact) mass is 546 g/mol. The zero-order valence-electron chi connectivity index (χ0n) is 19.0. The van der Waals surface area contributed by atoms with Crippen LogP contribution in [0, 0.1) is 5.92 Å². The third-order valence-electron chi connectivity index (χ3n) is 5.77. The molecule has 0 aliphatic carbocycles. The van der Waals surface area contributed by atoms with Gasteiger partial charge in [-0.2, -0.15) is 0 Å². The van der Waals surface area contributed by atoms with Crippen molar-refractivity contribution < 1.29 is 9.47 Å². The predicted octanol–water partition coefficient (Wildman–Crippen LogP) is 1.95. The zero-order chi connectivity index (χ0) is 21.0. The zero-order valence-corrected chi connectivity index (χ0v) is 21.3. The van der Waals surface area contributed by atoms with E-state index in [4.69, 9.17) is 9.47 Å². The first-order valence-electron chi connectivity index (χ1n) is 11.3. The third kappa shape index (κ3) is 9.07. The van der Waals surface area contributed by atoms with Crippen LogP contribution in [0.25, 0.3) is 0 Å². The highest BCUT2D eigenvalue weighted by atomic mass is 127. The molecule has 0 amide bonds. The second-order valence-electron chi connectivity index (χ2n) is 7.96. The number of nitrogens with one attached hydrogen (secondary N) is 2. The quantitative estimate of drug-likeness (QED) is 0.201. The van der Waals surface area contributed by atoms with E-state index in [-0.39, 0.29) is 24.0 Å². The van der Waals surface area contributed by atoms with E-state index in [2.05, 4.69) is 49.5 Å². The summed E-state index contributed by atoms with van der Waals surface area (Å²) in [6.45, 7) is 12.5. The van der Waals surface area contributed by atoms with Crippen LogP contribution < -0.4 is 15.5 Å². The van der Waals surface area contributed by atoms with Crippen molar-refractivity contribution in [3.63, 3.8) is 0 Å². The number of aromatic nitrogens is 1. The van der Waals surface area contributed by atoms with Crippen LogP contribution in [0.4, 0.5) is 5.82 Å². The van der Waals surface area contributed by atoms with Crippen molar-refractivity contribution in [2.45, 2.75) is 26.3 Å². The fraction of sp³-hybridized carbons (Fsp3) is 0.727. The van der Waals surface area contributed by atoms with E-state index in [1.54, 1.807) is 7.05 Å². The molecule has 0 saturated carbocycles. The number of aliphatic imine (C=N–C) groups is 1. The number of rotatable bonds is 10. The van der Waals surface area contributed by atoms with Gasteiger partial charge in [0.2, 0.25) is 0 Å². The summed E-state index contributed by atoms with van der Waals surface area (Å²) >= 11 is 0. The summed E-state index contributed by atoms with van der Waals surface area (Å²) in [5.41, 5.74) is 1.15. The molecule has 2 aliphatic rings. The number of likely N-dealkylation sites (N-methyl/N-ethyl adjacent to an activating group) is 1. The molecule has 1 aromatic heterocycles. The third-order valence-corrected chi connectivity index (χ3v) is 5.77. The number of ether oxygens (including phenoxy) is 2. The number of piperazine rings is 1. The van der Waals surface area contributed by atoms with Crippen LogP contribution in [0.3, 0.4) is 0 Å². The second-order valence-corrected chi connectivity index (χ2v) is 7.96. The first-order chi connectivity index (χ1) is 14.8. The number of hydrogen-bond donors (Lipinski definition) is 2. The maximum absolute atomic E-state index is 5.74. The largest absolute Gasteiger partial charge is 0.381 e. The fourth-order valence-corrected chi connectivity index (χ4v) is 3.75. The molecule has 9 heteroatoms. The Morgan fingerprint density at radius 1 is 1.26 bits per heavy atom. The lowest BCUT2D eigenvalue weighted by Gasteiger charge is -2.34. The smallest absolute Gasteiger partial charge is 0.191 e. The van der Waals surface area contributed by atoms with Crippen LogP contribution in [0.5, 0.6) is 0 Å². The lowest BCUT2D eigenvalue weighted by atomic mass is 10.1. The van der Waals surface area contributed by atoms with Crippen molar-refractivity contribution in [3.05, 3.63) is 23.9 Å². The van der Waals surface area contributed by atoms with Gasteiger partial charge < -0.3 is 29.9 Å². The lowest BCUT2D eigenvalue weighted by Crippen LogP contribution is -2.46. The fourth-order valence-electron chi connectivity index (χ4n) is 3.75. The molecule has 1 aromatic rings. The molecule has 1 unspecified atom stereocenters. The Hall–Kier alpha value is -1.17. The van der Waals surface area contributed by atoms with E-state index in [1.165, 1.54) is 0 Å². The molecule has 31 heavy (non-hydrogen) atoms. The molecule has 3 rings (SSSR count). The summed E-state index contributed by atoms with van der Waals surface area (Å²) in [7, 11) is 1.79. The van der Waals surface area contributed by atoms with Crippen LogP contribution in [0.1, 0.15) is 25.3 Å². The summed E-state index contributed by atoms with van der Waals surface area (Å²) in [6.07, 6.45) is 4.04. The van der Waals surface area contributed by atoms with Gasteiger partial charge in [-0.15, -0.1) is 24.0 Å². The van der Waals surface area contributed by atoms with Gasteiger partial charge in [-0.3, -0.25) is 4.99 Å². The van der Waals surface area contributed by atoms with Crippen LogP contribution in [-0.2, 0) is 16.0 Å². The highest BCUT2D eigenvalue weighted by Gasteiger charge is 2.17. The molecular weight excluding hydrogens is 507 g/mol. The van der Waals surface area contributed by atoms with Crippen molar-refractivity contribution in [1.82, 2.24) is 20.5 Å². The van der Waals surface area contributed by atoms with Gasteiger partial charge in [-0.05, 0) is 31.0 Å². The Bertz CT molecular complexity index is 631. The van der Waals surface area contributed by atoms with Crippen molar-refractivity contribution in [2.24, 2.45) is 10.9 Å². The van der Waals surface area contributed by atoms with Crippen LogP contribution in [0.15, 0.2) is 23.3 Å². The molecular formula is C22H39IN6O2. The predicted molar refractivity (Wildman–Crippen MR) is 137 cm³/mol. The average Bonchev–Trinajstić information content (AvgIpc) is 3.32. The van der Waals surface area contributed by atoms with Gasteiger partial charge >= 0.3 is 0 Å². The van der Waals surface area contributed by atoms with Crippen molar-refractivity contribution in [1.29, 1.82) is 0 Å². The van der Waals surface area contributed by atoms with E-state index in [0.717, 1.165) is 95.9 Å². The molecule has 2 aliphatic heterocycles.